The number of rotatable bonds is 5. The zero-order chi connectivity index (χ0) is 20.3. The van der Waals surface area contributed by atoms with Gasteiger partial charge in [0.1, 0.15) is 11.5 Å². The smallest absolute Gasteiger partial charge is 0.219 e. The monoisotopic (exact) mass is 384 g/mol. The molecule has 148 valence electrons. The summed E-state index contributed by atoms with van der Waals surface area (Å²) < 4.78 is 15.2. The van der Waals surface area contributed by atoms with Crippen LogP contribution in [-0.2, 0) is 4.79 Å². The molecule has 1 aromatic carbocycles. The Hall–Kier alpha value is -2.96. The third-order valence-electron chi connectivity index (χ3n) is 4.97. The van der Waals surface area contributed by atoms with Crippen LogP contribution in [0.5, 0.6) is 0 Å². The number of benzene rings is 1. The largest absolute Gasteiger partial charge is 0.383 e. The molecule has 1 amide bonds. The lowest BCUT2D eigenvalue weighted by atomic mass is 10.0. The molecule has 0 atom stereocenters. The number of carbonyl (C=O) groups is 2. The molecule has 6 nitrogen and oxygen atoms in total. The highest BCUT2D eigenvalue weighted by molar-refractivity contribution is 6.07. The maximum atomic E-state index is 13.3. The Morgan fingerprint density at radius 3 is 2.39 bits per heavy atom. The van der Waals surface area contributed by atoms with Crippen molar-refractivity contribution in [3.05, 3.63) is 54.4 Å². The Balaban J connectivity index is 1.97. The zero-order valence-electron chi connectivity index (χ0n) is 16.4. The van der Waals surface area contributed by atoms with Crippen LogP contribution in [0.4, 0.5) is 4.39 Å². The van der Waals surface area contributed by atoms with Crippen molar-refractivity contribution in [2.45, 2.75) is 25.8 Å². The van der Waals surface area contributed by atoms with E-state index in [2.05, 4.69) is 4.98 Å². The van der Waals surface area contributed by atoms with Gasteiger partial charge in [-0.15, -0.1) is 0 Å². The van der Waals surface area contributed by atoms with Crippen molar-refractivity contribution in [1.82, 2.24) is 19.4 Å². The molecule has 2 heterocycles. The van der Waals surface area contributed by atoms with E-state index in [1.54, 1.807) is 36.5 Å². The normalized spacial score (nSPS) is 15.2. The number of carbonyl (C=O) groups excluding carboxylic acids is 2. The standard InChI is InChI=1S/C21H25FN4O2/c1-15(27)25-12-8-18(9-13-25)26-14-23-20(16-4-6-17(22)7-5-16)21(26)19(28)10-11-24(2)3/h4-7,10-11,14,18H,8-9,12-13H2,1-3H3/b11-10+. The minimum Gasteiger partial charge on any atom is -0.383 e. The second-order valence-electron chi connectivity index (χ2n) is 7.24. The van der Waals surface area contributed by atoms with E-state index in [0.29, 0.717) is 30.0 Å². The molecule has 1 fully saturated rings. The lowest BCUT2D eigenvalue weighted by Crippen LogP contribution is -2.38. The van der Waals surface area contributed by atoms with Crippen LogP contribution < -0.4 is 0 Å². The number of halogens is 1. The summed E-state index contributed by atoms with van der Waals surface area (Å²) in [6, 6.07) is 6.08. The number of hydrogen-bond donors (Lipinski definition) is 0. The van der Waals surface area contributed by atoms with E-state index in [0.717, 1.165) is 12.8 Å². The van der Waals surface area contributed by atoms with E-state index in [1.165, 1.54) is 18.2 Å². The van der Waals surface area contributed by atoms with Crippen molar-refractivity contribution in [3.63, 3.8) is 0 Å². The lowest BCUT2D eigenvalue weighted by Gasteiger charge is -2.32. The van der Waals surface area contributed by atoms with Gasteiger partial charge < -0.3 is 14.4 Å². The second-order valence-corrected chi connectivity index (χ2v) is 7.24. The highest BCUT2D eigenvalue weighted by atomic mass is 19.1. The summed E-state index contributed by atoms with van der Waals surface area (Å²) in [4.78, 5) is 32.7. The fraction of sp³-hybridized carbons (Fsp3) is 0.381. The first kappa shape index (κ1) is 19.8. The number of nitrogens with zero attached hydrogens (tertiary/aromatic N) is 4. The molecule has 0 unspecified atom stereocenters. The van der Waals surface area contributed by atoms with E-state index < -0.39 is 0 Å². The van der Waals surface area contributed by atoms with Gasteiger partial charge in [-0.25, -0.2) is 9.37 Å². The molecule has 0 spiro atoms. The average Bonchev–Trinajstić information content (AvgIpc) is 3.12. The van der Waals surface area contributed by atoms with Gasteiger partial charge in [-0.1, -0.05) is 0 Å². The molecule has 1 aromatic heterocycles. The molecule has 1 aliphatic heterocycles. The van der Waals surface area contributed by atoms with Gasteiger partial charge in [-0.05, 0) is 37.1 Å². The predicted octanol–water partition coefficient (Wildman–Crippen LogP) is 3.13. The molecule has 0 aliphatic carbocycles. The van der Waals surface area contributed by atoms with Gasteiger partial charge in [0.25, 0.3) is 0 Å². The highest BCUT2D eigenvalue weighted by Crippen LogP contribution is 2.30. The minimum atomic E-state index is -0.333. The van der Waals surface area contributed by atoms with Crippen LogP contribution in [0.25, 0.3) is 11.3 Å². The van der Waals surface area contributed by atoms with Gasteiger partial charge in [0.2, 0.25) is 11.7 Å². The Bertz CT molecular complexity index is 878. The number of amides is 1. The van der Waals surface area contributed by atoms with Crippen LogP contribution >= 0.6 is 0 Å². The first-order valence-electron chi connectivity index (χ1n) is 9.34. The highest BCUT2D eigenvalue weighted by Gasteiger charge is 2.27. The van der Waals surface area contributed by atoms with Gasteiger partial charge in [0, 0.05) is 58.0 Å². The topological polar surface area (TPSA) is 58.4 Å². The van der Waals surface area contributed by atoms with Crippen molar-refractivity contribution in [1.29, 1.82) is 0 Å². The van der Waals surface area contributed by atoms with E-state index in [4.69, 9.17) is 0 Å². The molecule has 1 aliphatic rings. The van der Waals surface area contributed by atoms with Crippen LogP contribution in [0, 0.1) is 5.82 Å². The molecule has 0 radical (unpaired) electrons. The Kier molecular flexibility index (Phi) is 5.92. The number of ketones is 1. The van der Waals surface area contributed by atoms with Crippen molar-refractivity contribution < 1.29 is 14.0 Å². The maximum absolute atomic E-state index is 13.3. The SMILES string of the molecule is CC(=O)N1CCC(n2cnc(-c3ccc(F)cc3)c2C(=O)/C=C/N(C)C)CC1. The van der Waals surface area contributed by atoms with Crippen LogP contribution in [0.2, 0.25) is 0 Å². The molecule has 28 heavy (non-hydrogen) atoms. The zero-order valence-corrected chi connectivity index (χ0v) is 16.4. The average molecular weight is 384 g/mol. The molecule has 0 bridgehead atoms. The molecule has 0 N–H and O–H groups in total. The molecular formula is C21H25FN4O2. The Morgan fingerprint density at radius 2 is 1.82 bits per heavy atom. The van der Waals surface area contributed by atoms with Crippen LogP contribution in [0.15, 0.2) is 42.9 Å². The van der Waals surface area contributed by atoms with E-state index in [9.17, 15) is 14.0 Å². The summed E-state index contributed by atoms with van der Waals surface area (Å²) >= 11 is 0. The number of imidazole rings is 1. The molecule has 1 saturated heterocycles. The van der Waals surface area contributed by atoms with Crippen molar-refractivity contribution in [2.75, 3.05) is 27.2 Å². The summed E-state index contributed by atoms with van der Waals surface area (Å²) in [6.07, 6.45) is 6.42. The lowest BCUT2D eigenvalue weighted by molar-refractivity contribution is -0.130. The van der Waals surface area contributed by atoms with Gasteiger partial charge in [0.05, 0.1) is 12.0 Å². The minimum absolute atomic E-state index is 0.0706. The summed E-state index contributed by atoms with van der Waals surface area (Å²) in [5.41, 5.74) is 1.73. The van der Waals surface area contributed by atoms with Gasteiger partial charge in [0.15, 0.2) is 0 Å². The quantitative estimate of drug-likeness (QED) is 0.587. The summed E-state index contributed by atoms with van der Waals surface area (Å²) in [6.45, 7) is 2.89. The van der Waals surface area contributed by atoms with Crippen LogP contribution in [0.3, 0.4) is 0 Å². The molecular weight excluding hydrogens is 359 g/mol. The van der Waals surface area contributed by atoms with Crippen LogP contribution in [0.1, 0.15) is 36.3 Å². The third-order valence-corrected chi connectivity index (χ3v) is 4.97. The molecule has 0 saturated carbocycles. The molecule has 2 aromatic rings. The number of hydrogen-bond acceptors (Lipinski definition) is 4. The van der Waals surface area contributed by atoms with Gasteiger partial charge in [-0.3, -0.25) is 9.59 Å². The Labute approximate surface area is 164 Å². The number of allylic oxidation sites excluding steroid dienone is 1. The first-order chi connectivity index (χ1) is 13.4. The summed E-state index contributed by atoms with van der Waals surface area (Å²) in [5, 5.41) is 0. The van der Waals surface area contributed by atoms with Gasteiger partial charge >= 0.3 is 0 Å². The number of piperidine rings is 1. The van der Waals surface area contributed by atoms with E-state index in [1.807, 2.05) is 23.6 Å². The number of likely N-dealkylation sites (tertiary alicyclic amines) is 1. The van der Waals surface area contributed by atoms with E-state index in [-0.39, 0.29) is 23.5 Å². The molecule has 7 heteroatoms. The van der Waals surface area contributed by atoms with E-state index >= 15 is 0 Å². The second kappa shape index (κ2) is 8.37. The fourth-order valence-electron chi connectivity index (χ4n) is 3.46. The predicted molar refractivity (Wildman–Crippen MR) is 105 cm³/mol. The summed E-state index contributed by atoms with van der Waals surface area (Å²) in [5.74, 6) is -0.416. The van der Waals surface area contributed by atoms with Crippen molar-refractivity contribution in [3.8, 4) is 11.3 Å². The molecule has 3 rings (SSSR count). The Morgan fingerprint density at radius 1 is 1.18 bits per heavy atom. The van der Waals surface area contributed by atoms with Crippen molar-refractivity contribution in [2.24, 2.45) is 0 Å². The maximum Gasteiger partial charge on any atom is 0.219 e. The summed E-state index contributed by atoms with van der Waals surface area (Å²) in [7, 11) is 3.69. The first-order valence-corrected chi connectivity index (χ1v) is 9.34. The third kappa shape index (κ3) is 4.30. The van der Waals surface area contributed by atoms with Gasteiger partial charge in [-0.2, -0.15) is 0 Å². The fourth-order valence-corrected chi connectivity index (χ4v) is 3.46. The van der Waals surface area contributed by atoms with Crippen molar-refractivity contribution >= 4 is 11.7 Å². The number of aromatic nitrogens is 2. The van der Waals surface area contributed by atoms with Crippen LogP contribution in [-0.4, -0.2) is 58.2 Å².